The molecule has 1 aliphatic heterocycles. The maximum absolute atomic E-state index is 12.5. The number of benzene rings is 2. The molecular formula is C18H15NO4S2. The molecule has 4 rings (SSSR count). The van der Waals surface area contributed by atoms with Crippen LogP contribution in [0.5, 0.6) is 11.5 Å². The third kappa shape index (κ3) is 3.38. The van der Waals surface area contributed by atoms with Gasteiger partial charge in [-0.2, -0.15) is 12.8 Å². The van der Waals surface area contributed by atoms with Gasteiger partial charge in [0, 0.05) is 22.1 Å². The van der Waals surface area contributed by atoms with Gasteiger partial charge in [0.15, 0.2) is 11.5 Å². The minimum Gasteiger partial charge on any atom is -0.490 e. The molecule has 0 N–H and O–H groups in total. The fourth-order valence-corrected chi connectivity index (χ4v) is 4.43. The number of hydrogen-bond donors (Lipinski definition) is 0. The van der Waals surface area contributed by atoms with Gasteiger partial charge in [-0.3, -0.25) is 0 Å². The van der Waals surface area contributed by atoms with Gasteiger partial charge in [-0.05, 0) is 29.7 Å². The van der Waals surface area contributed by atoms with E-state index in [4.69, 9.17) is 9.47 Å². The molecule has 2 heterocycles. The maximum Gasteiger partial charge on any atom is 0.282 e. The van der Waals surface area contributed by atoms with E-state index in [0.717, 1.165) is 21.4 Å². The highest BCUT2D eigenvalue weighted by atomic mass is 32.2. The summed E-state index contributed by atoms with van der Waals surface area (Å²) in [6, 6.07) is 14.4. The standard InChI is InChI=1S/C18H15NO4S2/c20-25(21,15-6-7-16-17(11-15)23-9-3-8-22-16)19-12-14-10-13-4-1-2-5-18(13)24-14/h1-2,4-7,10-12H,3,8-9H2/b19-12+. The molecule has 0 spiro atoms. The van der Waals surface area contributed by atoms with Crippen LogP contribution in [0.4, 0.5) is 0 Å². The molecule has 2 aromatic carbocycles. The molecule has 0 saturated carbocycles. The lowest BCUT2D eigenvalue weighted by atomic mass is 10.2. The Hall–Kier alpha value is -2.38. The number of fused-ring (bicyclic) bond motifs is 2. The van der Waals surface area contributed by atoms with E-state index in [-0.39, 0.29) is 4.90 Å². The molecule has 0 radical (unpaired) electrons. The number of thiophene rings is 1. The molecule has 0 atom stereocenters. The van der Waals surface area contributed by atoms with Gasteiger partial charge in [-0.25, -0.2) is 0 Å². The zero-order valence-electron chi connectivity index (χ0n) is 13.2. The van der Waals surface area contributed by atoms with E-state index < -0.39 is 10.0 Å². The number of sulfonamides is 1. The van der Waals surface area contributed by atoms with Crippen LogP contribution >= 0.6 is 11.3 Å². The first-order valence-corrected chi connectivity index (χ1v) is 10.1. The van der Waals surface area contributed by atoms with Crippen LogP contribution in [0.15, 0.2) is 57.8 Å². The highest BCUT2D eigenvalue weighted by molar-refractivity contribution is 7.90. The summed E-state index contributed by atoms with van der Waals surface area (Å²) in [5.74, 6) is 1.00. The minimum atomic E-state index is -3.80. The molecule has 3 aromatic rings. The Labute approximate surface area is 149 Å². The first kappa shape index (κ1) is 16.1. The van der Waals surface area contributed by atoms with Crippen LogP contribution in [0.2, 0.25) is 0 Å². The molecule has 1 aliphatic rings. The second-order valence-corrected chi connectivity index (χ2v) is 8.30. The second-order valence-electron chi connectivity index (χ2n) is 5.56. The summed E-state index contributed by atoms with van der Waals surface area (Å²) < 4.78 is 41.0. The van der Waals surface area contributed by atoms with Crippen molar-refractivity contribution < 1.29 is 17.9 Å². The maximum atomic E-state index is 12.5. The van der Waals surface area contributed by atoms with Crippen LogP contribution in [-0.2, 0) is 10.0 Å². The molecule has 0 saturated heterocycles. The Morgan fingerprint density at radius 3 is 2.64 bits per heavy atom. The van der Waals surface area contributed by atoms with E-state index in [1.165, 1.54) is 29.7 Å². The Morgan fingerprint density at radius 1 is 1.00 bits per heavy atom. The van der Waals surface area contributed by atoms with Crippen molar-refractivity contribution in [3.63, 3.8) is 0 Å². The summed E-state index contributed by atoms with van der Waals surface area (Å²) in [5.41, 5.74) is 0. The molecule has 7 heteroatoms. The first-order valence-electron chi connectivity index (χ1n) is 7.80. The summed E-state index contributed by atoms with van der Waals surface area (Å²) >= 11 is 1.50. The topological polar surface area (TPSA) is 65.0 Å². The molecule has 0 bridgehead atoms. The predicted octanol–water partition coefficient (Wildman–Crippen LogP) is 3.87. The Morgan fingerprint density at radius 2 is 1.80 bits per heavy atom. The number of rotatable bonds is 3. The van der Waals surface area contributed by atoms with Gasteiger partial charge in [0.1, 0.15) is 0 Å². The normalized spacial score (nSPS) is 14.7. The molecule has 25 heavy (non-hydrogen) atoms. The highest BCUT2D eigenvalue weighted by Crippen LogP contribution is 2.32. The van der Waals surface area contributed by atoms with Crippen molar-refractivity contribution in [1.29, 1.82) is 0 Å². The molecule has 0 unspecified atom stereocenters. The van der Waals surface area contributed by atoms with E-state index in [0.29, 0.717) is 24.7 Å². The fraction of sp³-hybridized carbons (Fsp3) is 0.167. The van der Waals surface area contributed by atoms with Crippen molar-refractivity contribution >= 4 is 37.7 Å². The monoisotopic (exact) mass is 373 g/mol. The average Bonchev–Trinajstić information content (AvgIpc) is 2.89. The van der Waals surface area contributed by atoms with Crippen molar-refractivity contribution in [3.05, 3.63) is 53.4 Å². The van der Waals surface area contributed by atoms with Crippen LogP contribution in [-0.4, -0.2) is 27.8 Å². The fourth-order valence-electron chi connectivity index (χ4n) is 2.55. The lowest BCUT2D eigenvalue weighted by Gasteiger charge is -2.08. The van der Waals surface area contributed by atoms with E-state index in [9.17, 15) is 8.42 Å². The van der Waals surface area contributed by atoms with Gasteiger partial charge in [0.25, 0.3) is 10.0 Å². The van der Waals surface area contributed by atoms with Gasteiger partial charge >= 0.3 is 0 Å². The SMILES string of the molecule is O=S(=O)(/N=C/c1cc2ccccc2s1)c1ccc2c(c1)OCCCO2. The van der Waals surface area contributed by atoms with Crippen LogP contribution in [0.25, 0.3) is 10.1 Å². The minimum absolute atomic E-state index is 0.0918. The van der Waals surface area contributed by atoms with Gasteiger partial charge < -0.3 is 9.47 Å². The van der Waals surface area contributed by atoms with Gasteiger partial charge in [-0.15, -0.1) is 11.3 Å². The molecule has 0 amide bonds. The summed E-state index contributed by atoms with van der Waals surface area (Å²) in [6.45, 7) is 1.06. The predicted molar refractivity (Wildman–Crippen MR) is 98.7 cm³/mol. The first-order chi connectivity index (χ1) is 12.1. The van der Waals surface area contributed by atoms with E-state index in [1.54, 1.807) is 6.07 Å². The summed E-state index contributed by atoms with van der Waals surface area (Å²) in [6.07, 6.45) is 2.16. The van der Waals surface area contributed by atoms with Crippen LogP contribution in [0.1, 0.15) is 11.3 Å². The lowest BCUT2D eigenvalue weighted by molar-refractivity contribution is 0.297. The van der Waals surface area contributed by atoms with E-state index >= 15 is 0 Å². The third-order valence-electron chi connectivity index (χ3n) is 3.78. The van der Waals surface area contributed by atoms with Crippen molar-refractivity contribution in [1.82, 2.24) is 0 Å². The van der Waals surface area contributed by atoms with Crippen LogP contribution in [0, 0.1) is 0 Å². The second kappa shape index (κ2) is 6.50. The van der Waals surface area contributed by atoms with E-state index in [1.807, 2.05) is 30.3 Å². The van der Waals surface area contributed by atoms with Crippen molar-refractivity contribution in [2.24, 2.45) is 4.40 Å². The van der Waals surface area contributed by atoms with Crippen molar-refractivity contribution in [3.8, 4) is 11.5 Å². The number of nitrogens with zero attached hydrogens (tertiary/aromatic N) is 1. The van der Waals surface area contributed by atoms with Crippen LogP contribution in [0.3, 0.4) is 0 Å². The van der Waals surface area contributed by atoms with E-state index in [2.05, 4.69) is 4.40 Å². The average molecular weight is 373 g/mol. The Balaban J connectivity index is 1.64. The zero-order valence-corrected chi connectivity index (χ0v) is 14.8. The van der Waals surface area contributed by atoms with Crippen LogP contribution < -0.4 is 9.47 Å². The molecule has 1 aromatic heterocycles. The molecule has 0 aliphatic carbocycles. The number of hydrogen-bond acceptors (Lipinski definition) is 5. The Bertz CT molecular complexity index is 1020. The zero-order chi connectivity index (χ0) is 17.3. The van der Waals surface area contributed by atoms with Gasteiger partial charge in [-0.1, -0.05) is 18.2 Å². The highest BCUT2D eigenvalue weighted by Gasteiger charge is 2.17. The summed E-state index contributed by atoms with van der Waals surface area (Å²) in [4.78, 5) is 0.883. The Kier molecular flexibility index (Phi) is 4.19. The lowest BCUT2D eigenvalue weighted by Crippen LogP contribution is -1.99. The summed E-state index contributed by atoms with van der Waals surface area (Å²) in [5, 5.41) is 1.07. The number of ether oxygens (including phenoxy) is 2. The molecular weight excluding hydrogens is 358 g/mol. The summed E-state index contributed by atoms with van der Waals surface area (Å²) in [7, 11) is -3.80. The molecule has 128 valence electrons. The van der Waals surface area contributed by atoms with Gasteiger partial charge in [0.05, 0.1) is 24.3 Å². The molecule has 5 nitrogen and oxygen atoms in total. The quantitative estimate of drug-likeness (QED) is 0.654. The largest absolute Gasteiger partial charge is 0.490 e. The molecule has 0 fully saturated rings. The smallest absolute Gasteiger partial charge is 0.282 e. The van der Waals surface area contributed by atoms with Crippen molar-refractivity contribution in [2.75, 3.05) is 13.2 Å². The van der Waals surface area contributed by atoms with Gasteiger partial charge in [0.2, 0.25) is 0 Å². The third-order valence-corrected chi connectivity index (χ3v) is 6.06. The van der Waals surface area contributed by atoms with Crippen molar-refractivity contribution in [2.45, 2.75) is 11.3 Å².